The molecule has 2 aromatic heterocycles. The lowest BCUT2D eigenvalue weighted by atomic mass is 9.97. The van der Waals surface area contributed by atoms with E-state index in [2.05, 4.69) is 9.97 Å². The van der Waals surface area contributed by atoms with Gasteiger partial charge in [0.05, 0.1) is 0 Å². The van der Waals surface area contributed by atoms with Crippen LogP contribution in [-0.4, -0.2) is 9.97 Å². The van der Waals surface area contributed by atoms with Crippen LogP contribution in [0.3, 0.4) is 0 Å². The maximum atomic E-state index is 13.3. The Morgan fingerprint density at radius 3 is 2.95 bits per heavy atom. The Hall–Kier alpha value is -1.81. The molecule has 0 radical (unpaired) electrons. The van der Waals surface area contributed by atoms with Gasteiger partial charge < -0.3 is 0 Å². The zero-order chi connectivity index (χ0) is 13.5. The van der Waals surface area contributed by atoms with Crippen LogP contribution in [0.5, 0.6) is 0 Å². The van der Waals surface area contributed by atoms with Gasteiger partial charge in [0, 0.05) is 22.0 Å². The highest BCUT2D eigenvalue weighted by Crippen LogP contribution is 2.35. The lowest BCUT2D eigenvalue weighted by molar-refractivity contribution is 0.628. The van der Waals surface area contributed by atoms with Crippen LogP contribution in [0.15, 0.2) is 30.5 Å². The molecule has 2 nitrogen and oxygen atoms in total. The number of aryl methyl sites for hydroxylation is 2. The van der Waals surface area contributed by atoms with Crippen molar-refractivity contribution in [2.45, 2.75) is 25.7 Å². The number of aromatic nitrogens is 2. The molecular formula is C16H13FN2S. The van der Waals surface area contributed by atoms with Crippen LogP contribution in [0.25, 0.3) is 21.6 Å². The van der Waals surface area contributed by atoms with E-state index in [0.29, 0.717) is 5.82 Å². The first-order chi connectivity index (χ1) is 9.81. The maximum Gasteiger partial charge on any atom is 0.160 e. The normalized spacial score (nSPS) is 14.4. The van der Waals surface area contributed by atoms with Gasteiger partial charge in [0.15, 0.2) is 5.82 Å². The Kier molecular flexibility index (Phi) is 2.77. The highest BCUT2D eigenvalue weighted by atomic mass is 32.1. The van der Waals surface area contributed by atoms with Crippen molar-refractivity contribution >= 4 is 21.6 Å². The van der Waals surface area contributed by atoms with Crippen LogP contribution in [0.1, 0.15) is 23.3 Å². The topological polar surface area (TPSA) is 25.8 Å². The molecule has 1 aliphatic carbocycles. The van der Waals surface area contributed by atoms with Crippen LogP contribution < -0.4 is 0 Å². The third-order valence-corrected chi connectivity index (χ3v) is 5.00. The number of fused-ring (bicyclic) bond motifs is 3. The first kappa shape index (κ1) is 12.0. The molecule has 4 heteroatoms. The Morgan fingerprint density at radius 2 is 2.05 bits per heavy atom. The average Bonchev–Trinajstić information content (AvgIpc) is 2.85. The molecule has 0 spiro atoms. The summed E-state index contributed by atoms with van der Waals surface area (Å²) in [6.45, 7) is 0. The Balaban J connectivity index is 1.87. The Bertz CT molecular complexity index is 794. The number of halogens is 1. The van der Waals surface area contributed by atoms with Crippen molar-refractivity contribution in [3.8, 4) is 11.4 Å². The van der Waals surface area contributed by atoms with E-state index in [9.17, 15) is 4.39 Å². The van der Waals surface area contributed by atoms with Gasteiger partial charge >= 0.3 is 0 Å². The molecule has 0 aliphatic heterocycles. The molecule has 0 bridgehead atoms. The minimum atomic E-state index is -0.253. The van der Waals surface area contributed by atoms with E-state index < -0.39 is 0 Å². The molecular weight excluding hydrogens is 271 g/mol. The number of rotatable bonds is 1. The molecule has 0 unspecified atom stereocenters. The summed E-state index contributed by atoms with van der Waals surface area (Å²) in [4.78, 5) is 11.5. The second kappa shape index (κ2) is 4.63. The largest absolute Gasteiger partial charge is 0.236 e. The number of hydrogen-bond donors (Lipinski definition) is 0. The van der Waals surface area contributed by atoms with E-state index in [4.69, 9.17) is 0 Å². The van der Waals surface area contributed by atoms with E-state index in [-0.39, 0.29) is 5.82 Å². The van der Waals surface area contributed by atoms with Crippen LogP contribution in [0.2, 0.25) is 0 Å². The summed E-state index contributed by atoms with van der Waals surface area (Å²) < 4.78 is 13.3. The molecule has 100 valence electrons. The molecule has 0 fully saturated rings. The third-order valence-electron chi connectivity index (χ3n) is 3.80. The van der Waals surface area contributed by atoms with E-state index in [1.807, 2.05) is 12.3 Å². The summed E-state index contributed by atoms with van der Waals surface area (Å²) in [5.41, 5.74) is 2.17. The fourth-order valence-corrected chi connectivity index (χ4v) is 4.04. The van der Waals surface area contributed by atoms with Crippen LogP contribution in [0.4, 0.5) is 4.39 Å². The molecule has 0 atom stereocenters. The second-order valence-electron chi connectivity index (χ2n) is 5.13. The zero-order valence-corrected chi connectivity index (χ0v) is 11.7. The number of hydrogen-bond acceptors (Lipinski definition) is 3. The van der Waals surface area contributed by atoms with Gasteiger partial charge in [0.25, 0.3) is 0 Å². The standard InChI is InChI=1S/C16H13FN2S/c17-11-5-3-4-10(8-11)15-18-9-13-12-6-1-2-7-14(12)20-16(13)19-15/h3-5,8-9H,1-2,6-7H2. The van der Waals surface area contributed by atoms with E-state index in [1.54, 1.807) is 17.4 Å². The van der Waals surface area contributed by atoms with Crippen molar-refractivity contribution in [2.75, 3.05) is 0 Å². The minimum absolute atomic E-state index is 0.253. The van der Waals surface area contributed by atoms with Crippen molar-refractivity contribution in [1.82, 2.24) is 9.97 Å². The molecule has 20 heavy (non-hydrogen) atoms. The van der Waals surface area contributed by atoms with Crippen LogP contribution >= 0.6 is 11.3 Å². The van der Waals surface area contributed by atoms with Gasteiger partial charge in [-0.2, -0.15) is 0 Å². The minimum Gasteiger partial charge on any atom is -0.236 e. The summed E-state index contributed by atoms with van der Waals surface area (Å²) in [5, 5.41) is 1.19. The molecule has 0 saturated carbocycles. The fourth-order valence-electron chi connectivity index (χ4n) is 2.81. The second-order valence-corrected chi connectivity index (χ2v) is 6.22. The van der Waals surface area contributed by atoms with Gasteiger partial charge in [-0.1, -0.05) is 12.1 Å². The molecule has 0 N–H and O–H groups in total. The predicted octanol–water partition coefficient (Wildman–Crippen LogP) is 4.38. The molecule has 0 amide bonds. The lowest BCUT2D eigenvalue weighted by Gasteiger charge is -2.09. The van der Waals surface area contributed by atoms with Crippen LogP contribution in [-0.2, 0) is 12.8 Å². The van der Waals surface area contributed by atoms with Crippen molar-refractivity contribution in [1.29, 1.82) is 0 Å². The SMILES string of the molecule is Fc1cccc(-c2ncc3c4c(sc3n2)CCCC4)c1. The summed E-state index contributed by atoms with van der Waals surface area (Å²) >= 11 is 1.77. The van der Waals surface area contributed by atoms with Crippen LogP contribution in [0, 0.1) is 5.82 Å². The van der Waals surface area contributed by atoms with E-state index in [1.165, 1.54) is 40.8 Å². The average molecular weight is 284 g/mol. The van der Waals surface area contributed by atoms with Gasteiger partial charge in [-0.05, 0) is 43.4 Å². The van der Waals surface area contributed by atoms with Gasteiger partial charge in [-0.3, -0.25) is 0 Å². The molecule has 2 heterocycles. The Labute approximate surface area is 120 Å². The molecule has 3 aromatic rings. The van der Waals surface area contributed by atoms with Crippen molar-refractivity contribution < 1.29 is 4.39 Å². The quantitative estimate of drug-likeness (QED) is 0.663. The summed E-state index contributed by atoms with van der Waals surface area (Å²) in [5.74, 6) is 0.354. The van der Waals surface area contributed by atoms with Crippen molar-refractivity contribution in [3.63, 3.8) is 0 Å². The molecule has 1 aromatic carbocycles. The Morgan fingerprint density at radius 1 is 1.15 bits per heavy atom. The van der Waals surface area contributed by atoms with E-state index >= 15 is 0 Å². The smallest absolute Gasteiger partial charge is 0.160 e. The van der Waals surface area contributed by atoms with Crippen molar-refractivity contribution in [2.24, 2.45) is 0 Å². The van der Waals surface area contributed by atoms with Gasteiger partial charge in [0.1, 0.15) is 10.6 Å². The highest BCUT2D eigenvalue weighted by Gasteiger charge is 2.17. The number of benzene rings is 1. The first-order valence-electron chi connectivity index (χ1n) is 6.84. The maximum absolute atomic E-state index is 13.3. The molecule has 4 rings (SSSR count). The number of thiophene rings is 1. The predicted molar refractivity (Wildman–Crippen MR) is 79.5 cm³/mol. The first-order valence-corrected chi connectivity index (χ1v) is 7.66. The van der Waals surface area contributed by atoms with Gasteiger partial charge in [-0.15, -0.1) is 11.3 Å². The lowest BCUT2D eigenvalue weighted by Crippen LogP contribution is -1.98. The fraction of sp³-hybridized carbons (Fsp3) is 0.250. The third kappa shape index (κ3) is 1.91. The number of nitrogens with zero attached hydrogens (tertiary/aromatic N) is 2. The van der Waals surface area contributed by atoms with Gasteiger partial charge in [0.2, 0.25) is 0 Å². The summed E-state index contributed by atoms with van der Waals surface area (Å²) in [7, 11) is 0. The zero-order valence-electron chi connectivity index (χ0n) is 10.9. The summed E-state index contributed by atoms with van der Waals surface area (Å²) in [6.07, 6.45) is 6.72. The summed E-state index contributed by atoms with van der Waals surface area (Å²) in [6, 6.07) is 6.45. The molecule has 1 aliphatic rings. The van der Waals surface area contributed by atoms with Crippen molar-refractivity contribution in [3.05, 3.63) is 46.7 Å². The molecule has 0 saturated heterocycles. The van der Waals surface area contributed by atoms with Gasteiger partial charge in [-0.25, -0.2) is 14.4 Å². The highest BCUT2D eigenvalue weighted by molar-refractivity contribution is 7.18. The van der Waals surface area contributed by atoms with E-state index in [0.717, 1.165) is 23.2 Å². The monoisotopic (exact) mass is 284 g/mol.